The van der Waals surface area contributed by atoms with Gasteiger partial charge in [0.1, 0.15) is 0 Å². The van der Waals surface area contributed by atoms with Crippen LogP contribution in [-0.4, -0.2) is 49.5 Å². The van der Waals surface area contributed by atoms with E-state index in [0.717, 1.165) is 0 Å². The lowest BCUT2D eigenvalue weighted by Gasteiger charge is -2.21. The molecule has 1 rings (SSSR count). The number of carbonyl (C=O) groups excluding carboxylic acids is 1. The highest BCUT2D eigenvalue weighted by atomic mass is 32.2. The van der Waals surface area contributed by atoms with Crippen LogP contribution in [0.25, 0.3) is 0 Å². The molecule has 0 aliphatic carbocycles. The fourth-order valence-corrected chi connectivity index (χ4v) is 3.18. The molecule has 9 heteroatoms. The van der Waals surface area contributed by atoms with Crippen LogP contribution in [0, 0.1) is 6.92 Å². The Balaban J connectivity index is 2.94. The van der Waals surface area contributed by atoms with Crippen molar-refractivity contribution in [1.29, 1.82) is 0 Å². The maximum atomic E-state index is 12.5. The summed E-state index contributed by atoms with van der Waals surface area (Å²) in [6.07, 6.45) is -0.194. The molecule has 3 N–H and O–H groups in total. The van der Waals surface area contributed by atoms with Crippen LogP contribution >= 0.6 is 0 Å². The molecule has 1 aromatic rings. The van der Waals surface area contributed by atoms with Gasteiger partial charge in [-0.15, -0.1) is 0 Å². The Morgan fingerprint density at radius 3 is 2.46 bits per heavy atom. The van der Waals surface area contributed by atoms with E-state index in [1.807, 2.05) is 0 Å². The molecule has 0 atom stereocenters. The minimum Gasteiger partial charge on any atom is -0.481 e. The van der Waals surface area contributed by atoms with E-state index < -0.39 is 22.0 Å². The first-order valence-electron chi connectivity index (χ1n) is 7.41. The molecule has 0 saturated carbocycles. The summed E-state index contributed by atoms with van der Waals surface area (Å²) < 4.78 is 26.2. The number of carbonyl (C=O) groups is 2. The third kappa shape index (κ3) is 5.20. The zero-order chi connectivity index (χ0) is 18.5. The minimum absolute atomic E-state index is 0.0196. The first-order chi connectivity index (χ1) is 11.1. The van der Waals surface area contributed by atoms with Gasteiger partial charge in [-0.3, -0.25) is 4.79 Å². The Hall–Kier alpha value is -2.13. The van der Waals surface area contributed by atoms with Gasteiger partial charge in [-0.1, -0.05) is 6.07 Å². The van der Waals surface area contributed by atoms with E-state index in [4.69, 9.17) is 5.11 Å². The molecule has 0 aromatic heterocycles. The number of sulfonamides is 1. The molecule has 0 spiro atoms. The van der Waals surface area contributed by atoms with Crippen LogP contribution in [0.15, 0.2) is 23.1 Å². The SMILES string of the molecule is Cc1ccc(S(=O)(=O)N(C)C(C)C)cc1NC(=O)NCCC(=O)O. The summed E-state index contributed by atoms with van der Waals surface area (Å²) in [5.41, 5.74) is 1.04. The van der Waals surface area contributed by atoms with Gasteiger partial charge in [0.25, 0.3) is 0 Å². The maximum absolute atomic E-state index is 12.5. The highest BCUT2D eigenvalue weighted by molar-refractivity contribution is 7.89. The molecule has 2 amide bonds. The van der Waals surface area contributed by atoms with Crippen molar-refractivity contribution in [3.8, 4) is 0 Å². The van der Waals surface area contributed by atoms with Gasteiger partial charge in [0, 0.05) is 25.3 Å². The van der Waals surface area contributed by atoms with Crippen molar-refractivity contribution in [3.05, 3.63) is 23.8 Å². The number of nitrogens with one attached hydrogen (secondary N) is 2. The molecule has 134 valence electrons. The fourth-order valence-electron chi connectivity index (χ4n) is 1.79. The molecule has 0 aliphatic heterocycles. The normalized spacial score (nSPS) is 11.6. The molecule has 0 aliphatic rings. The molecule has 1 aromatic carbocycles. The Labute approximate surface area is 141 Å². The summed E-state index contributed by atoms with van der Waals surface area (Å²) in [5.74, 6) is -1.02. The minimum atomic E-state index is -3.66. The molecule has 8 nitrogen and oxygen atoms in total. The standard InChI is InChI=1S/C15H23N3O5S/c1-10(2)18(4)24(22,23)12-6-5-11(3)13(9-12)17-15(21)16-8-7-14(19)20/h5-6,9-10H,7-8H2,1-4H3,(H,19,20)(H2,16,17,21). The Morgan fingerprint density at radius 2 is 1.92 bits per heavy atom. The van der Waals surface area contributed by atoms with Crippen LogP contribution in [0.3, 0.4) is 0 Å². The first-order valence-corrected chi connectivity index (χ1v) is 8.85. The second-order valence-corrected chi connectivity index (χ2v) is 7.61. The van der Waals surface area contributed by atoms with Crippen molar-refractivity contribution >= 4 is 27.7 Å². The van der Waals surface area contributed by atoms with Gasteiger partial charge >= 0.3 is 12.0 Å². The van der Waals surface area contributed by atoms with Crippen LogP contribution in [0.4, 0.5) is 10.5 Å². The number of nitrogens with zero attached hydrogens (tertiary/aromatic N) is 1. The average molecular weight is 357 g/mol. The highest BCUT2D eigenvalue weighted by Crippen LogP contribution is 2.23. The number of rotatable bonds is 7. The number of hydrogen-bond donors (Lipinski definition) is 3. The van der Waals surface area contributed by atoms with E-state index in [0.29, 0.717) is 11.3 Å². The predicted molar refractivity (Wildman–Crippen MR) is 90.5 cm³/mol. The van der Waals surface area contributed by atoms with Gasteiger partial charge in [-0.05, 0) is 38.5 Å². The number of urea groups is 1. The van der Waals surface area contributed by atoms with Crippen molar-refractivity contribution < 1.29 is 23.1 Å². The number of carboxylic acid groups (broad SMARTS) is 1. The summed E-state index contributed by atoms with van der Waals surface area (Å²) in [6, 6.07) is 3.68. The molecule has 0 radical (unpaired) electrons. The largest absolute Gasteiger partial charge is 0.481 e. The zero-order valence-electron chi connectivity index (χ0n) is 14.2. The molecule has 0 saturated heterocycles. The second kappa shape index (κ2) is 8.11. The Morgan fingerprint density at radius 1 is 1.29 bits per heavy atom. The third-order valence-corrected chi connectivity index (χ3v) is 5.52. The molecule has 0 bridgehead atoms. The van der Waals surface area contributed by atoms with Gasteiger partial charge in [0.2, 0.25) is 10.0 Å². The van der Waals surface area contributed by atoms with Crippen molar-refractivity contribution in [2.75, 3.05) is 18.9 Å². The van der Waals surface area contributed by atoms with E-state index in [1.54, 1.807) is 26.8 Å². The van der Waals surface area contributed by atoms with E-state index >= 15 is 0 Å². The van der Waals surface area contributed by atoms with E-state index in [1.165, 1.54) is 23.5 Å². The Kier molecular flexibility index (Phi) is 6.73. The molecule has 0 heterocycles. The zero-order valence-corrected chi connectivity index (χ0v) is 15.0. The smallest absolute Gasteiger partial charge is 0.319 e. The molecule has 24 heavy (non-hydrogen) atoms. The summed E-state index contributed by atoms with van der Waals surface area (Å²) in [6.45, 7) is 5.24. The maximum Gasteiger partial charge on any atom is 0.319 e. The van der Waals surface area contributed by atoms with Crippen LogP contribution in [-0.2, 0) is 14.8 Å². The quantitative estimate of drug-likeness (QED) is 0.686. The average Bonchev–Trinajstić information content (AvgIpc) is 2.47. The third-order valence-electron chi connectivity index (χ3n) is 3.49. The lowest BCUT2D eigenvalue weighted by atomic mass is 10.2. The summed E-state index contributed by atoms with van der Waals surface area (Å²) in [5, 5.41) is 13.5. The van der Waals surface area contributed by atoms with E-state index in [2.05, 4.69) is 10.6 Å². The monoisotopic (exact) mass is 357 g/mol. The lowest BCUT2D eigenvalue weighted by Crippen LogP contribution is -2.33. The van der Waals surface area contributed by atoms with Crippen molar-refractivity contribution in [2.45, 2.75) is 38.1 Å². The summed E-state index contributed by atoms with van der Waals surface area (Å²) in [4.78, 5) is 22.3. The highest BCUT2D eigenvalue weighted by Gasteiger charge is 2.23. The number of anilines is 1. The van der Waals surface area contributed by atoms with Gasteiger partial charge < -0.3 is 15.7 Å². The predicted octanol–water partition coefficient (Wildman–Crippen LogP) is 1.62. The second-order valence-electron chi connectivity index (χ2n) is 5.62. The number of aryl methyl sites for hydroxylation is 1. The number of hydrogen-bond acceptors (Lipinski definition) is 4. The number of benzene rings is 1. The number of aliphatic carboxylic acids is 1. The molecule has 0 unspecified atom stereocenters. The lowest BCUT2D eigenvalue weighted by molar-refractivity contribution is -0.136. The van der Waals surface area contributed by atoms with Gasteiger partial charge in [0.05, 0.1) is 11.3 Å². The van der Waals surface area contributed by atoms with E-state index in [9.17, 15) is 18.0 Å². The van der Waals surface area contributed by atoms with Gasteiger partial charge in [0.15, 0.2) is 0 Å². The summed E-state index contributed by atoms with van der Waals surface area (Å²) in [7, 11) is -2.17. The van der Waals surface area contributed by atoms with Crippen molar-refractivity contribution in [2.24, 2.45) is 0 Å². The van der Waals surface area contributed by atoms with Crippen LogP contribution in [0.2, 0.25) is 0 Å². The Bertz CT molecular complexity index is 716. The molecular weight excluding hydrogens is 334 g/mol. The van der Waals surface area contributed by atoms with Crippen molar-refractivity contribution in [1.82, 2.24) is 9.62 Å². The van der Waals surface area contributed by atoms with Gasteiger partial charge in [-0.25, -0.2) is 13.2 Å². The summed E-state index contributed by atoms with van der Waals surface area (Å²) >= 11 is 0. The first kappa shape index (κ1) is 19.9. The van der Waals surface area contributed by atoms with E-state index in [-0.39, 0.29) is 23.9 Å². The molecule has 0 fully saturated rings. The molecular formula is C15H23N3O5S. The van der Waals surface area contributed by atoms with Crippen LogP contribution < -0.4 is 10.6 Å². The van der Waals surface area contributed by atoms with Crippen LogP contribution in [0.1, 0.15) is 25.8 Å². The number of amides is 2. The fraction of sp³-hybridized carbons (Fsp3) is 0.467. The number of carboxylic acids is 1. The topological polar surface area (TPSA) is 116 Å². The van der Waals surface area contributed by atoms with Crippen molar-refractivity contribution in [3.63, 3.8) is 0 Å². The van der Waals surface area contributed by atoms with Gasteiger partial charge in [-0.2, -0.15) is 4.31 Å². The van der Waals surface area contributed by atoms with Crippen LogP contribution in [0.5, 0.6) is 0 Å².